The Labute approximate surface area is 115 Å². The van der Waals surface area contributed by atoms with Gasteiger partial charge in [0.25, 0.3) is 0 Å². The molecule has 0 atom stereocenters. The highest BCUT2D eigenvalue weighted by Gasteiger charge is 2.19. The largest absolute Gasteiger partial charge is 0.508 e. The molecule has 1 aromatic carbocycles. The topological polar surface area (TPSA) is 49.8 Å². The van der Waals surface area contributed by atoms with E-state index in [4.69, 9.17) is 9.84 Å². The molecule has 0 heterocycles. The third kappa shape index (κ3) is 4.81. The van der Waals surface area contributed by atoms with Gasteiger partial charge in [-0.05, 0) is 52.0 Å². The Balaban J connectivity index is 2.43. The minimum atomic E-state index is 0.101. The van der Waals surface area contributed by atoms with Crippen molar-refractivity contribution in [3.63, 3.8) is 0 Å². The van der Waals surface area contributed by atoms with Gasteiger partial charge in [0, 0.05) is 12.1 Å². The monoisotopic (exact) mass is 265 g/mol. The first-order valence-corrected chi connectivity index (χ1v) is 6.64. The van der Waals surface area contributed by atoms with Crippen molar-refractivity contribution in [2.45, 2.75) is 46.2 Å². The van der Waals surface area contributed by atoms with Gasteiger partial charge in [0.15, 0.2) is 0 Å². The third-order valence-electron chi connectivity index (χ3n) is 2.82. The van der Waals surface area contributed by atoms with Crippen molar-refractivity contribution in [3.8, 4) is 11.5 Å². The van der Waals surface area contributed by atoms with Crippen molar-refractivity contribution in [1.29, 1.82) is 0 Å². The van der Waals surface area contributed by atoms with E-state index in [0.717, 1.165) is 0 Å². The summed E-state index contributed by atoms with van der Waals surface area (Å²) in [4.78, 5) is 13.9. The molecule has 19 heavy (non-hydrogen) atoms. The van der Waals surface area contributed by atoms with E-state index >= 15 is 0 Å². The summed E-state index contributed by atoms with van der Waals surface area (Å²) in [5.74, 6) is 0.962. The summed E-state index contributed by atoms with van der Waals surface area (Å²) in [6, 6.07) is 6.88. The Morgan fingerprint density at radius 1 is 1.16 bits per heavy atom. The molecule has 1 amide bonds. The number of hydrogen-bond donors (Lipinski definition) is 1. The molecule has 1 rings (SSSR count). The normalized spacial score (nSPS) is 10.8. The van der Waals surface area contributed by atoms with Crippen molar-refractivity contribution < 1.29 is 14.6 Å². The average molecular weight is 265 g/mol. The van der Waals surface area contributed by atoms with E-state index in [2.05, 4.69) is 0 Å². The van der Waals surface area contributed by atoms with Gasteiger partial charge >= 0.3 is 0 Å². The number of phenolic OH excluding ortho intramolecular Hbond substituents is 1. The number of aromatic hydroxyl groups is 1. The standard InChI is InChI=1S/C15H23NO3/c1-11(2)16(12(3)4)15(18)9-10-19-14-7-5-13(17)6-8-14/h5-8,11-12,17H,9-10H2,1-4H3. The first-order chi connectivity index (χ1) is 8.91. The van der Waals surface area contributed by atoms with Crippen molar-refractivity contribution in [3.05, 3.63) is 24.3 Å². The molecule has 0 saturated carbocycles. The predicted molar refractivity (Wildman–Crippen MR) is 75.3 cm³/mol. The van der Waals surface area contributed by atoms with Crippen LogP contribution in [0, 0.1) is 0 Å². The summed E-state index contributed by atoms with van der Waals surface area (Å²) < 4.78 is 5.48. The molecule has 4 nitrogen and oxygen atoms in total. The molecule has 0 spiro atoms. The van der Waals surface area contributed by atoms with Crippen LogP contribution in [0.3, 0.4) is 0 Å². The van der Waals surface area contributed by atoms with Crippen LogP contribution in [0.5, 0.6) is 11.5 Å². The summed E-state index contributed by atoms with van der Waals surface area (Å²) in [6.07, 6.45) is 0.358. The second kappa shape index (κ2) is 7.02. The maximum atomic E-state index is 12.1. The molecule has 106 valence electrons. The summed E-state index contributed by atoms with van der Waals surface area (Å²) in [7, 11) is 0. The van der Waals surface area contributed by atoms with E-state index in [9.17, 15) is 4.79 Å². The molecule has 0 aromatic heterocycles. The fraction of sp³-hybridized carbons (Fsp3) is 0.533. The van der Waals surface area contributed by atoms with Crippen LogP contribution >= 0.6 is 0 Å². The number of benzene rings is 1. The highest BCUT2D eigenvalue weighted by molar-refractivity contribution is 5.76. The number of phenols is 1. The Morgan fingerprint density at radius 3 is 2.16 bits per heavy atom. The van der Waals surface area contributed by atoms with Crippen LogP contribution in [0.2, 0.25) is 0 Å². The summed E-state index contributed by atoms with van der Waals surface area (Å²) in [5, 5.41) is 9.15. The van der Waals surface area contributed by atoms with Gasteiger partial charge in [0.05, 0.1) is 13.0 Å². The van der Waals surface area contributed by atoms with Crippen LogP contribution in [0.1, 0.15) is 34.1 Å². The first kappa shape index (κ1) is 15.3. The molecule has 0 aliphatic heterocycles. The fourth-order valence-electron chi connectivity index (χ4n) is 2.10. The lowest BCUT2D eigenvalue weighted by molar-refractivity contribution is -0.135. The molecular weight excluding hydrogens is 242 g/mol. The molecule has 0 radical (unpaired) electrons. The molecule has 1 aromatic rings. The second-order valence-electron chi connectivity index (χ2n) is 5.08. The molecule has 4 heteroatoms. The van der Waals surface area contributed by atoms with E-state index in [0.29, 0.717) is 18.8 Å². The smallest absolute Gasteiger partial charge is 0.226 e. The van der Waals surface area contributed by atoms with Crippen molar-refractivity contribution >= 4 is 5.91 Å². The van der Waals surface area contributed by atoms with Crippen LogP contribution in [-0.2, 0) is 4.79 Å². The number of rotatable bonds is 6. The maximum absolute atomic E-state index is 12.1. The molecule has 0 fully saturated rings. The van der Waals surface area contributed by atoms with Gasteiger partial charge < -0.3 is 14.7 Å². The van der Waals surface area contributed by atoms with Crippen LogP contribution < -0.4 is 4.74 Å². The van der Waals surface area contributed by atoms with Crippen LogP contribution in [0.15, 0.2) is 24.3 Å². The van der Waals surface area contributed by atoms with Crippen molar-refractivity contribution in [2.75, 3.05) is 6.61 Å². The van der Waals surface area contributed by atoms with Crippen molar-refractivity contribution in [2.24, 2.45) is 0 Å². The lowest BCUT2D eigenvalue weighted by Gasteiger charge is -2.30. The van der Waals surface area contributed by atoms with Crippen LogP contribution in [0.25, 0.3) is 0 Å². The highest BCUT2D eigenvalue weighted by atomic mass is 16.5. The van der Waals surface area contributed by atoms with Gasteiger partial charge in [0.2, 0.25) is 5.91 Å². The molecular formula is C15H23NO3. The van der Waals surface area contributed by atoms with Gasteiger partial charge in [-0.3, -0.25) is 4.79 Å². The molecule has 0 bridgehead atoms. The number of nitrogens with zero attached hydrogens (tertiary/aromatic N) is 1. The summed E-state index contributed by atoms with van der Waals surface area (Å²) in [6.45, 7) is 8.40. The van der Waals surface area contributed by atoms with E-state index in [1.807, 2.05) is 32.6 Å². The summed E-state index contributed by atoms with van der Waals surface area (Å²) >= 11 is 0. The second-order valence-corrected chi connectivity index (χ2v) is 5.08. The van der Waals surface area contributed by atoms with Gasteiger partial charge in [-0.25, -0.2) is 0 Å². The van der Waals surface area contributed by atoms with Gasteiger partial charge in [0.1, 0.15) is 11.5 Å². The fourth-order valence-corrected chi connectivity index (χ4v) is 2.10. The zero-order chi connectivity index (χ0) is 14.4. The first-order valence-electron chi connectivity index (χ1n) is 6.64. The molecule has 0 unspecified atom stereocenters. The maximum Gasteiger partial charge on any atom is 0.226 e. The Hall–Kier alpha value is -1.71. The number of ether oxygens (including phenoxy) is 1. The Morgan fingerprint density at radius 2 is 1.68 bits per heavy atom. The van der Waals surface area contributed by atoms with Crippen LogP contribution in [0.4, 0.5) is 0 Å². The van der Waals surface area contributed by atoms with Gasteiger partial charge in [-0.2, -0.15) is 0 Å². The molecule has 0 saturated heterocycles. The van der Waals surface area contributed by atoms with E-state index < -0.39 is 0 Å². The Bertz CT molecular complexity index is 390. The van der Waals surface area contributed by atoms with E-state index in [-0.39, 0.29) is 23.7 Å². The third-order valence-corrected chi connectivity index (χ3v) is 2.82. The van der Waals surface area contributed by atoms with Crippen molar-refractivity contribution in [1.82, 2.24) is 4.90 Å². The molecule has 1 N–H and O–H groups in total. The highest BCUT2D eigenvalue weighted by Crippen LogP contribution is 2.16. The number of amides is 1. The van der Waals surface area contributed by atoms with E-state index in [1.165, 1.54) is 0 Å². The lowest BCUT2D eigenvalue weighted by Crippen LogP contribution is -2.42. The lowest BCUT2D eigenvalue weighted by atomic mass is 10.2. The summed E-state index contributed by atoms with van der Waals surface area (Å²) in [5.41, 5.74) is 0. The minimum absolute atomic E-state index is 0.101. The quantitative estimate of drug-likeness (QED) is 0.860. The Kier molecular flexibility index (Phi) is 5.67. The van der Waals surface area contributed by atoms with Crippen LogP contribution in [-0.4, -0.2) is 34.6 Å². The number of carbonyl (C=O) groups is 1. The number of hydrogen-bond acceptors (Lipinski definition) is 3. The number of carbonyl (C=O) groups excluding carboxylic acids is 1. The van der Waals surface area contributed by atoms with Gasteiger partial charge in [-0.15, -0.1) is 0 Å². The minimum Gasteiger partial charge on any atom is -0.508 e. The zero-order valence-electron chi connectivity index (χ0n) is 12.1. The zero-order valence-corrected chi connectivity index (χ0v) is 12.1. The predicted octanol–water partition coefficient (Wildman–Crippen LogP) is 2.81. The average Bonchev–Trinajstić information content (AvgIpc) is 2.30. The molecule has 0 aliphatic rings. The van der Waals surface area contributed by atoms with E-state index in [1.54, 1.807) is 24.3 Å². The van der Waals surface area contributed by atoms with Gasteiger partial charge in [-0.1, -0.05) is 0 Å². The molecule has 0 aliphatic carbocycles. The SMILES string of the molecule is CC(C)N(C(=O)CCOc1ccc(O)cc1)C(C)C.